The molecule has 0 heterocycles. The molecule has 0 saturated carbocycles. The predicted octanol–water partition coefficient (Wildman–Crippen LogP) is 1.31. The summed E-state index contributed by atoms with van der Waals surface area (Å²) in [6.07, 6.45) is 0. The average Bonchev–Trinajstić information content (AvgIpc) is 2.29. The van der Waals surface area contributed by atoms with Crippen LogP contribution in [0.4, 0.5) is 5.69 Å². The quantitative estimate of drug-likeness (QED) is 0.309. The summed E-state index contributed by atoms with van der Waals surface area (Å²) in [4.78, 5) is 20.9. The molecule has 0 aliphatic rings. The van der Waals surface area contributed by atoms with Crippen molar-refractivity contribution in [1.29, 1.82) is 0 Å². The van der Waals surface area contributed by atoms with E-state index in [1.54, 1.807) is 0 Å². The molecule has 0 fully saturated rings. The van der Waals surface area contributed by atoms with Gasteiger partial charge in [0.1, 0.15) is 0 Å². The third-order valence-corrected chi connectivity index (χ3v) is 2.36. The van der Waals surface area contributed by atoms with Gasteiger partial charge in [-0.15, -0.1) is 0 Å². The van der Waals surface area contributed by atoms with Gasteiger partial charge in [0.15, 0.2) is 0 Å². The van der Waals surface area contributed by atoms with Crippen LogP contribution in [0.3, 0.4) is 0 Å². The molecule has 7 heteroatoms. The zero-order chi connectivity index (χ0) is 12.8. The van der Waals surface area contributed by atoms with E-state index in [4.69, 9.17) is 5.11 Å². The molecule has 0 unspecified atom stereocenters. The van der Waals surface area contributed by atoms with Gasteiger partial charge in [-0.1, -0.05) is 6.07 Å². The number of carbonyl (C=O) groups is 1. The van der Waals surface area contributed by atoms with E-state index in [-0.39, 0.29) is 11.3 Å². The second-order valence-corrected chi connectivity index (χ2v) is 3.75. The number of nitro benzene ring substituents is 1. The van der Waals surface area contributed by atoms with E-state index in [1.807, 2.05) is 0 Å². The molecule has 2 N–H and O–H groups in total. The van der Waals surface area contributed by atoms with Crippen LogP contribution in [-0.2, 0) is 6.54 Å². The maximum atomic E-state index is 10.8. The van der Waals surface area contributed by atoms with Crippen molar-refractivity contribution < 1.29 is 14.8 Å². The zero-order valence-corrected chi connectivity index (χ0v) is 9.81. The lowest BCUT2D eigenvalue weighted by Gasteiger charge is -2.05. The molecule has 0 saturated heterocycles. The molecule has 0 bridgehead atoms. The Kier molecular flexibility index (Phi) is 4.92. The fraction of sp³-hybridized carbons (Fsp3) is 0.300. The number of nitrogens with zero attached hydrogens (tertiary/aromatic N) is 1. The topological polar surface area (TPSA) is 92.5 Å². The number of thiol groups is 1. The zero-order valence-electron chi connectivity index (χ0n) is 8.92. The Balaban J connectivity index is 2.96. The van der Waals surface area contributed by atoms with Crippen LogP contribution in [0.25, 0.3) is 0 Å². The van der Waals surface area contributed by atoms with Crippen molar-refractivity contribution in [1.82, 2.24) is 5.32 Å². The van der Waals surface area contributed by atoms with Gasteiger partial charge >= 0.3 is 5.97 Å². The van der Waals surface area contributed by atoms with E-state index in [0.29, 0.717) is 24.4 Å². The maximum absolute atomic E-state index is 10.8. The third-order valence-electron chi connectivity index (χ3n) is 2.13. The first-order valence-electron chi connectivity index (χ1n) is 4.88. The van der Waals surface area contributed by atoms with Gasteiger partial charge in [-0.05, 0) is 6.07 Å². The number of benzene rings is 1. The highest BCUT2D eigenvalue weighted by Gasteiger charge is 2.16. The van der Waals surface area contributed by atoms with Crippen molar-refractivity contribution in [3.63, 3.8) is 0 Å². The Bertz CT molecular complexity index is 436. The molecule has 0 aromatic heterocycles. The SMILES string of the molecule is O=C(O)c1ccc(CNCCS)c([N+](=O)[O-])c1. The summed E-state index contributed by atoms with van der Waals surface area (Å²) >= 11 is 4.00. The minimum absolute atomic E-state index is 0.0883. The molecule has 0 aliphatic carbocycles. The number of nitro groups is 1. The second kappa shape index (κ2) is 6.21. The Hall–Kier alpha value is -1.60. The first-order valence-corrected chi connectivity index (χ1v) is 5.51. The molecule has 0 atom stereocenters. The number of carboxylic acid groups (broad SMARTS) is 1. The Morgan fingerprint density at radius 3 is 2.76 bits per heavy atom. The molecule has 1 aromatic rings. The lowest BCUT2D eigenvalue weighted by molar-refractivity contribution is -0.385. The number of carboxylic acids is 1. The molecule has 6 nitrogen and oxygen atoms in total. The first-order chi connectivity index (χ1) is 8.06. The maximum Gasteiger partial charge on any atom is 0.335 e. The van der Waals surface area contributed by atoms with Crippen molar-refractivity contribution in [3.05, 3.63) is 39.4 Å². The largest absolute Gasteiger partial charge is 0.478 e. The molecule has 1 rings (SSSR count). The van der Waals surface area contributed by atoms with Gasteiger partial charge < -0.3 is 10.4 Å². The number of aromatic carboxylic acids is 1. The molecule has 0 aliphatic heterocycles. The van der Waals surface area contributed by atoms with Gasteiger partial charge in [-0.2, -0.15) is 12.6 Å². The van der Waals surface area contributed by atoms with E-state index in [0.717, 1.165) is 6.07 Å². The first kappa shape index (κ1) is 13.5. The van der Waals surface area contributed by atoms with Crippen LogP contribution in [0.5, 0.6) is 0 Å². The lowest BCUT2D eigenvalue weighted by Crippen LogP contribution is -2.16. The lowest BCUT2D eigenvalue weighted by atomic mass is 10.1. The van der Waals surface area contributed by atoms with Crippen molar-refractivity contribution in [2.45, 2.75) is 6.54 Å². The Labute approximate surface area is 103 Å². The van der Waals surface area contributed by atoms with Crippen LogP contribution in [-0.4, -0.2) is 28.3 Å². The number of hydrogen-bond donors (Lipinski definition) is 3. The minimum atomic E-state index is -1.18. The molecular formula is C10H12N2O4S. The highest BCUT2D eigenvalue weighted by Crippen LogP contribution is 2.20. The van der Waals surface area contributed by atoms with Crippen LogP contribution in [0.1, 0.15) is 15.9 Å². The fourth-order valence-electron chi connectivity index (χ4n) is 1.32. The number of nitrogens with one attached hydrogen (secondary N) is 1. The van der Waals surface area contributed by atoms with Crippen molar-refractivity contribution in [2.75, 3.05) is 12.3 Å². The highest BCUT2D eigenvalue weighted by atomic mass is 32.1. The van der Waals surface area contributed by atoms with Gasteiger partial charge in [-0.3, -0.25) is 10.1 Å². The monoisotopic (exact) mass is 256 g/mol. The molecule has 1 aromatic carbocycles. The summed E-state index contributed by atoms with van der Waals surface area (Å²) in [5.74, 6) is -0.552. The predicted molar refractivity (Wildman–Crippen MR) is 65.6 cm³/mol. The van der Waals surface area contributed by atoms with Crippen LogP contribution in [0.15, 0.2) is 18.2 Å². The standard InChI is InChI=1S/C10H12N2O4S/c13-10(14)7-1-2-8(6-11-3-4-17)9(5-7)12(15)16/h1-2,5,11,17H,3-4,6H2,(H,13,14). The van der Waals surface area contributed by atoms with Crippen molar-refractivity contribution in [3.8, 4) is 0 Å². The van der Waals surface area contributed by atoms with E-state index < -0.39 is 10.9 Å². The van der Waals surface area contributed by atoms with Crippen LogP contribution < -0.4 is 5.32 Å². The second-order valence-electron chi connectivity index (χ2n) is 3.31. The van der Waals surface area contributed by atoms with Crippen LogP contribution >= 0.6 is 12.6 Å². The Morgan fingerprint density at radius 2 is 2.24 bits per heavy atom. The van der Waals surface area contributed by atoms with Gasteiger partial charge in [0.25, 0.3) is 5.69 Å². The van der Waals surface area contributed by atoms with E-state index in [9.17, 15) is 14.9 Å². The van der Waals surface area contributed by atoms with Gasteiger partial charge in [0.2, 0.25) is 0 Å². The number of rotatable bonds is 6. The summed E-state index contributed by atoms with van der Waals surface area (Å²) in [6, 6.07) is 3.88. The molecule has 92 valence electrons. The molecule has 0 spiro atoms. The summed E-state index contributed by atoms with van der Waals surface area (Å²) in [6.45, 7) is 0.942. The minimum Gasteiger partial charge on any atom is -0.478 e. The average molecular weight is 256 g/mol. The van der Waals surface area contributed by atoms with E-state index >= 15 is 0 Å². The van der Waals surface area contributed by atoms with Crippen LogP contribution in [0.2, 0.25) is 0 Å². The third kappa shape index (κ3) is 3.72. The molecular weight excluding hydrogens is 244 g/mol. The number of hydrogen-bond acceptors (Lipinski definition) is 5. The molecule has 0 amide bonds. The molecule has 17 heavy (non-hydrogen) atoms. The van der Waals surface area contributed by atoms with Crippen molar-refractivity contribution >= 4 is 24.3 Å². The Morgan fingerprint density at radius 1 is 1.53 bits per heavy atom. The van der Waals surface area contributed by atoms with E-state index in [2.05, 4.69) is 17.9 Å². The van der Waals surface area contributed by atoms with Crippen LogP contribution in [0, 0.1) is 10.1 Å². The smallest absolute Gasteiger partial charge is 0.335 e. The molecule has 0 radical (unpaired) electrons. The summed E-state index contributed by atoms with van der Waals surface area (Å²) in [7, 11) is 0. The summed E-state index contributed by atoms with van der Waals surface area (Å²) in [5.41, 5.74) is 0.188. The van der Waals surface area contributed by atoms with E-state index in [1.165, 1.54) is 12.1 Å². The summed E-state index contributed by atoms with van der Waals surface area (Å²) in [5, 5.41) is 22.5. The summed E-state index contributed by atoms with van der Waals surface area (Å²) < 4.78 is 0. The van der Waals surface area contributed by atoms with Gasteiger partial charge in [0, 0.05) is 30.5 Å². The normalized spacial score (nSPS) is 10.2. The van der Waals surface area contributed by atoms with Gasteiger partial charge in [0.05, 0.1) is 10.5 Å². The van der Waals surface area contributed by atoms with Crippen molar-refractivity contribution in [2.24, 2.45) is 0 Å². The highest BCUT2D eigenvalue weighted by molar-refractivity contribution is 7.80. The fourth-order valence-corrected chi connectivity index (χ4v) is 1.48. The van der Waals surface area contributed by atoms with Gasteiger partial charge in [-0.25, -0.2) is 4.79 Å².